The number of nitrogens with two attached hydrogens (primary N) is 1. The fourth-order valence-electron chi connectivity index (χ4n) is 6.56. The number of Topliss-reactive ketones (excluding diaryl/α,β-unsaturated/α-hetero) is 1. The lowest BCUT2D eigenvalue weighted by molar-refractivity contribution is -0.138. The molecule has 2 aliphatic rings. The first-order valence-corrected chi connectivity index (χ1v) is 21.1. The number of benzene rings is 2. The summed E-state index contributed by atoms with van der Waals surface area (Å²) in [6.45, 7) is 7.83. The van der Waals surface area contributed by atoms with Crippen LogP contribution in [0.3, 0.4) is 0 Å². The number of H-pyrrole nitrogens is 2. The van der Waals surface area contributed by atoms with Gasteiger partial charge in [0.2, 0.25) is 0 Å². The molecule has 328 valence electrons. The highest BCUT2D eigenvalue weighted by atomic mass is 35.5. The molecule has 0 atom stereocenters. The van der Waals surface area contributed by atoms with Crippen molar-refractivity contribution < 1.29 is 23.5 Å². The quantitative estimate of drug-likeness (QED) is 0.0688. The van der Waals surface area contributed by atoms with E-state index in [9.17, 15) is 28.0 Å². The van der Waals surface area contributed by atoms with Crippen molar-refractivity contribution in [2.75, 3.05) is 16.4 Å². The minimum absolute atomic E-state index is 0.0185. The molecule has 0 amide bonds. The predicted molar refractivity (Wildman–Crippen MR) is 244 cm³/mol. The van der Waals surface area contributed by atoms with E-state index in [0.29, 0.717) is 56.4 Å². The minimum atomic E-state index is -0.630. The Morgan fingerprint density at radius 3 is 1.57 bits per heavy atom. The number of carbonyl (C=O) groups excluding carboxylic acids is 1. The number of hydrogen-bond acceptors (Lipinski definition) is 9. The highest BCUT2D eigenvalue weighted by Gasteiger charge is 2.30. The monoisotopic (exact) mass is 897 g/mol. The van der Waals surface area contributed by atoms with Gasteiger partial charge in [0.05, 0.1) is 28.4 Å². The number of carbonyl (C=O) groups is 2. The number of carboxylic acid groups (broad SMARTS) is 1. The molecule has 6 aromatic rings. The molecule has 12 nitrogen and oxygen atoms in total. The Labute approximate surface area is 372 Å². The summed E-state index contributed by atoms with van der Waals surface area (Å²) in [7, 11) is 0. The van der Waals surface area contributed by atoms with Crippen LogP contribution in [-0.4, -0.2) is 36.8 Å². The van der Waals surface area contributed by atoms with E-state index in [1.54, 1.807) is 42.7 Å². The van der Waals surface area contributed by atoms with E-state index in [2.05, 4.69) is 30.6 Å². The van der Waals surface area contributed by atoms with Crippen LogP contribution in [0.15, 0.2) is 94.8 Å². The number of halogens is 4. The molecule has 8 rings (SSSR count). The normalized spacial score (nSPS) is 13.1. The highest BCUT2D eigenvalue weighted by molar-refractivity contribution is 6.31. The largest absolute Gasteiger partial charge is 0.481 e. The van der Waals surface area contributed by atoms with Crippen LogP contribution in [0.2, 0.25) is 10.0 Å². The molecule has 4 heterocycles. The average molecular weight is 899 g/mol. The lowest BCUT2D eigenvalue weighted by Crippen LogP contribution is -2.15. The number of nitrogen functional groups attached to an aromatic ring is 1. The van der Waals surface area contributed by atoms with Gasteiger partial charge in [0, 0.05) is 80.4 Å². The van der Waals surface area contributed by atoms with Gasteiger partial charge >= 0.3 is 5.97 Å². The molecule has 63 heavy (non-hydrogen) atoms. The molecule has 4 aromatic heterocycles. The first kappa shape index (κ1) is 46.1. The lowest BCUT2D eigenvalue weighted by Gasteiger charge is -2.17. The number of aromatic nitrogens is 4. The topological polar surface area (TPSA) is 196 Å². The Morgan fingerprint density at radius 2 is 1.16 bits per heavy atom. The fraction of sp³-hybridized carbons (Fsp3) is 0.277. The summed E-state index contributed by atoms with van der Waals surface area (Å²) < 4.78 is 28.7. The van der Waals surface area contributed by atoms with Gasteiger partial charge in [-0.15, -0.1) is 0 Å². The van der Waals surface area contributed by atoms with Crippen molar-refractivity contribution in [2.24, 2.45) is 11.8 Å². The number of hydrogen-bond donors (Lipinski definition) is 6. The smallest absolute Gasteiger partial charge is 0.306 e. The standard InChI is InChI=1S/C24H23ClFN3O2.C19H18ClFN4O.C4H6O2/c1-13(2)23-21(12-19(24(31)29-23)18-9-15(25)5-6-20(18)26)28-16-7-8-27-17(10-16)11-22(30)14-3-4-14;1-10(2)18-16(24-12-5-6-23-17(22)8-12)9-14(19(26)25-18)13-7-11(20)3-4-15(13)21;5-4(6)3-1-2-3/h5-10,12-14H,3-4,11H2,1-2H3,(H,27,28)(H,29,31);3-10H,1-2H3,(H,25,26)(H3,22,23,24);3H,1-2H2,(H,5,6). The molecule has 2 aliphatic carbocycles. The number of anilines is 5. The summed E-state index contributed by atoms with van der Waals surface area (Å²) in [6, 6.07) is 18.6. The van der Waals surface area contributed by atoms with Crippen molar-refractivity contribution in [3.8, 4) is 22.3 Å². The van der Waals surface area contributed by atoms with Gasteiger partial charge in [0.1, 0.15) is 23.2 Å². The minimum Gasteiger partial charge on any atom is -0.481 e. The Kier molecular flexibility index (Phi) is 14.8. The summed E-state index contributed by atoms with van der Waals surface area (Å²) in [5.41, 5.74) is 10.5. The molecule has 2 aromatic carbocycles. The van der Waals surface area contributed by atoms with Gasteiger partial charge in [0.25, 0.3) is 11.1 Å². The summed E-state index contributed by atoms with van der Waals surface area (Å²) in [4.78, 5) is 61.2. The van der Waals surface area contributed by atoms with Crippen molar-refractivity contribution in [2.45, 2.75) is 71.6 Å². The molecule has 0 aliphatic heterocycles. The Bertz CT molecular complexity index is 2770. The maximum atomic E-state index is 14.4. The lowest BCUT2D eigenvalue weighted by atomic mass is 10.0. The van der Waals surface area contributed by atoms with Crippen LogP contribution >= 0.6 is 23.2 Å². The molecule has 0 radical (unpaired) electrons. The molecule has 2 fully saturated rings. The van der Waals surface area contributed by atoms with E-state index < -0.39 is 17.6 Å². The van der Waals surface area contributed by atoms with Gasteiger partial charge in [-0.1, -0.05) is 50.9 Å². The van der Waals surface area contributed by atoms with Crippen LogP contribution < -0.4 is 27.5 Å². The Balaban J connectivity index is 0.000000187. The average Bonchev–Trinajstić information content (AvgIpc) is 4.16. The third kappa shape index (κ3) is 12.4. The third-order valence-corrected chi connectivity index (χ3v) is 10.7. The van der Waals surface area contributed by atoms with E-state index >= 15 is 0 Å². The molecule has 0 saturated heterocycles. The molecular weight excluding hydrogens is 851 g/mol. The maximum Gasteiger partial charge on any atom is 0.306 e. The zero-order valence-electron chi connectivity index (χ0n) is 35.0. The van der Waals surface area contributed by atoms with Crippen LogP contribution in [0.25, 0.3) is 22.3 Å². The SMILES string of the molecule is CC(C)c1[nH]c(=O)c(-c2cc(Cl)ccc2F)cc1Nc1ccnc(CC(=O)C2CC2)c1.CC(C)c1[nH]c(=O)c(-c2cc(Cl)ccc2F)cc1Nc1ccnc(N)c1.O=C(O)C1CC1. The molecule has 0 bridgehead atoms. The first-order valence-electron chi connectivity index (χ1n) is 20.4. The van der Waals surface area contributed by atoms with Gasteiger partial charge in [-0.2, -0.15) is 0 Å². The molecule has 7 N–H and O–H groups in total. The van der Waals surface area contributed by atoms with Gasteiger partial charge in [-0.25, -0.2) is 13.8 Å². The van der Waals surface area contributed by atoms with Crippen molar-refractivity contribution in [3.63, 3.8) is 0 Å². The van der Waals surface area contributed by atoms with Crippen molar-refractivity contribution in [1.82, 2.24) is 19.9 Å². The zero-order valence-corrected chi connectivity index (χ0v) is 36.5. The van der Waals surface area contributed by atoms with Crippen LogP contribution in [0.1, 0.15) is 82.3 Å². The van der Waals surface area contributed by atoms with Crippen LogP contribution in [0.4, 0.5) is 37.3 Å². The number of ketones is 1. The van der Waals surface area contributed by atoms with E-state index in [4.69, 9.17) is 34.0 Å². The van der Waals surface area contributed by atoms with Crippen LogP contribution in [0, 0.1) is 23.5 Å². The second kappa shape index (κ2) is 20.2. The molecule has 2 saturated carbocycles. The van der Waals surface area contributed by atoms with E-state index in [0.717, 1.165) is 31.4 Å². The first-order chi connectivity index (χ1) is 30.0. The molecule has 0 spiro atoms. The second-order valence-electron chi connectivity index (χ2n) is 16.0. The number of rotatable bonds is 12. The Hall–Kier alpha value is -6.38. The van der Waals surface area contributed by atoms with Gasteiger partial charge < -0.3 is 31.4 Å². The summed E-state index contributed by atoms with van der Waals surface area (Å²) in [5, 5.41) is 15.3. The van der Waals surface area contributed by atoms with Gasteiger partial charge in [-0.05, 0) is 104 Å². The van der Waals surface area contributed by atoms with E-state index in [1.807, 2.05) is 33.8 Å². The van der Waals surface area contributed by atoms with Crippen LogP contribution in [-0.2, 0) is 16.0 Å². The maximum absolute atomic E-state index is 14.4. The second-order valence-corrected chi connectivity index (χ2v) is 16.9. The van der Waals surface area contributed by atoms with Gasteiger partial charge in [0.15, 0.2) is 0 Å². The van der Waals surface area contributed by atoms with Gasteiger partial charge in [-0.3, -0.25) is 24.2 Å². The van der Waals surface area contributed by atoms with E-state index in [1.165, 1.54) is 36.4 Å². The number of nitrogens with one attached hydrogen (secondary N) is 4. The molecular formula is C47H47Cl2F2N7O5. The number of pyridine rings is 4. The van der Waals surface area contributed by atoms with Crippen molar-refractivity contribution in [1.29, 1.82) is 0 Å². The third-order valence-electron chi connectivity index (χ3n) is 10.2. The number of carboxylic acids is 1. The predicted octanol–water partition coefficient (Wildman–Crippen LogP) is 10.8. The number of nitrogens with zero attached hydrogens (tertiary/aromatic N) is 2. The van der Waals surface area contributed by atoms with Crippen LogP contribution in [0.5, 0.6) is 0 Å². The van der Waals surface area contributed by atoms with Crippen molar-refractivity contribution in [3.05, 3.63) is 145 Å². The highest BCUT2D eigenvalue weighted by Crippen LogP contribution is 2.34. The molecule has 16 heteroatoms. The summed E-state index contributed by atoms with van der Waals surface area (Å²) in [6.07, 6.45) is 7.27. The summed E-state index contributed by atoms with van der Waals surface area (Å²) >= 11 is 12.0. The van der Waals surface area contributed by atoms with E-state index in [-0.39, 0.29) is 62.8 Å². The fourth-order valence-corrected chi connectivity index (χ4v) is 6.91. The number of aromatic amines is 2. The molecule has 0 unspecified atom stereocenters. The zero-order chi connectivity index (χ0) is 45.5. The van der Waals surface area contributed by atoms with Crippen molar-refractivity contribution >= 4 is 63.5 Å². The Morgan fingerprint density at radius 1 is 0.698 bits per heavy atom. The summed E-state index contributed by atoms with van der Waals surface area (Å²) in [5.74, 6) is -0.824. The number of aliphatic carboxylic acids is 1.